The third kappa shape index (κ3) is 4.43. The first-order chi connectivity index (χ1) is 8.20. The van der Waals surface area contributed by atoms with E-state index in [-0.39, 0.29) is 11.6 Å². The van der Waals surface area contributed by atoms with Gasteiger partial charge in [-0.25, -0.2) is 0 Å². The van der Waals surface area contributed by atoms with Gasteiger partial charge in [0.05, 0.1) is 6.10 Å². The van der Waals surface area contributed by atoms with Crippen molar-refractivity contribution in [3.05, 3.63) is 35.4 Å². The molecular formula is C16H27NO. The summed E-state index contributed by atoms with van der Waals surface area (Å²) in [6.07, 6.45) is -0.467. The van der Waals surface area contributed by atoms with Crippen molar-refractivity contribution in [1.29, 1.82) is 0 Å². The minimum atomic E-state index is -0.467. The minimum absolute atomic E-state index is 0.0122. The third-order valence-electron chi connectivity index (χ3n) is 3.08. The molecule has 0 aromatic heterocycles. The number of aliphatic hydroxyl groups is 1. The van der Waals surface area contributed by atoms with Gasteiger partial charge in [-0.1, -0.05) is 38.1 Å². The fourth-order valence-corrected chi connectivity index (χ4v) is 2.13. The minimum Gasteiger partial charge on any atom is -0.387 e. The molecule has 2 unspecified atom stereocenters. The van der Waals surface area contributed by atoms with Gasteiger partial charge in [-0.3, -0.25) is 0 Å². The van der Waals surface area contributed by atoms with Gasteiger partial charge in [-0.05, 0) is 44.7 Å². The average molecular weight is 249 g/mol. The second kappa shape index (κ2) is 5.85. The highest BCUT2D eigenvalue weighted by molar-refractivity contribution is 5.26. The van der Waals surface area contributed by atoms with E-state index >= 15 is 0 Å². The Morgan fingerprint density at radius 3 is 1.78 bits per heavy atom. The van der Waals surface area contributed by atoms with Crippen LogP contribution in [0, 0.1) is 0 Å². The Morgan fingerprint density at radius 2 is 1.39 bits per heavy atom. The third-order valence-corrected chi connectivity index (χ3v) is 3.08. The molecule has 0 aliphatic rings. The summed E-state index contributed by atoms with van der Waals surface area (Å²) in [6.45, 7) is 12.7. The van der Waals surface area contributed by atoms with Gasteiger partial charge in [-0.2, -0.15) is 0 Å². The largest absolute Gasteiger partial charge is 0.387 e. The van der Waals surface area contributed by atoms with Crippen LogP contribution in [0.2, 0.25) is 0 Å². The second-order valence-corrected chi connectivity index (χ2v) is 6.45. The van der Waals surface area contributed by atoms with Crippen molar-refractivity contribution in [2.45, 2.75) is 65.1 Å². The van der Waals surface area contributed by atoms with Gasteiger partial charge in [0.15, 0.2) is 0 Å². The van der Waals surface area contributed by atoms with Crippen LogP contribution in [0.25, 0.3) is 0 Å². The summed E-state index contributed by atoms with van der Waals surface area (Å²) in [4.78, 5) is 0. The van der Waals surface area contributed by atoms with Crippen molar-refractivity contribution in [1.82, 2.24) is 5.32 Å². The first-order valence-corrected chi connectivity index (χ1v) is 6.76. The summed E-state index contributed by atoms with van der Waals surface area (Å²) in [5.41, 5.74) is 2.30. The lowest BCUT2D eigenvalue weighted by molar-refractivity contribution is 0.121. The molecule has 0 saturated carbocycles. The molecule has 2 atom stereocenters. The van der Waals surface area contributed by atoms with Crippen molar-refractivity contribution >= 4 is 0 Å². The summed E-state index contributed by atoms with van der Waals surface area (Å²) >= 11 is 0. The second-order valence-electron chi connectivity index (χ2n) is 6.45. The van der Waals surface area contributed by atoms with Crippen LogP contribution in [0.15, 0.2) is 24.3 Å². The molecule has 1 aromatic carbocycles. The molecule has 0 heterocycles. The number of aliphatic hydroxyl groups excluding tert-OH is 1. The summed E-state index contributed by atoms with van der Waals surface area (Å²) in [5.74, 6) is 0.529. The van der Waals surface area contributed by atoms with E-state index in [9.17, 15) is 5.11 Å². The molecule has 2 heteroatoms. The molecule has 0 aliphatic carbocycles. The van der Waals surface area contributed by atoms with Crippen LogP contribution < -0.4 is 5.32 Å². The molecule has 1 rings (SSSR count). The molecule has 0 fully saturated rings. The molecule has 18 heavy (non-hydrogen) atoms. The number of hydrogen-bond donors (Lipinski definition) is 2. The van der Waals surface area contributed by atoms with Gasteiger partial charge in [0.2, 0.25) is 0 Å². The smallest absolute Gasteiger partial charge is 0.0940 e. The van der Waals surface area contributed by atoms with Gasteiger partial charge >= 0.3 is 0 Å². The maximum absolute atomic E-state index is 10.3. The maximum Gasteiger partial charge on any atom is 0.0940 e. The lowest BCUT2D eigenvalue weighted by Gasteiger charge is -2.29. The van der Waals surface area contributed by atoms with Gasteiger partial charge in [0.25, 0.3) is 0 Å². The average Bonchev–Trinajstić information content (AvgIpc) is 2.26. The van der Waals surface area contributed by atoms with Crippen LogP contribution in [-0.2, 0) is 0 Å². The zero-order valence-corrected chi connectivity index (χ0v) is 12.5. The lowest BCUT2D eigenvalue weighted by Crippen LogP contribution is -2.44. The van der Waals surface area contributed by atoms with Crippen molar-refractivity contribution < 1.29 is 5.11 Å². The quantitative estimate of drug-likeness (QED) is 0.854. The van der Waals surface area contributed by atoms with Crippen molar-refractivity contribution in [3.63, 3.8) is 0 Å². The van der Waals surface area contributed by atoms with Crippen LogP contribution in [0.3, 0.4) is 0 Å². The molecule has 102 valence electrons. The Hall–Kier alpha value is -0.860. The SMILES string of the molecule is CC(C)c1ccc(C(O)C(C)NC(C)(C)C)cc1. The van der Waals surface area contributed by atoms with Gasteiger partial charge < -0.3 is 10.4 Å². The fraction of sp³-hybridized carbons (Fsp3) is 0.625. The van der Waals surface area contributed by atoms with Crippen LogP contribution in [0.1, 0.15) is 64.7 Å². The number of rotatable bonds is 4. The molecule has 0 spiro atoms. The molecule has 0 amide bonds. The Bertz CT molecular complexity index is 362. The monoisotopic (exact) mass is 249 g/mol. The summed E-state index contributed by atoms with van der Waals surface area (Å²) in [6, 6.07) is 8.30. The Morgan fingerprint density at radius 1 is 0.944 bits per heavy atom. The highest BCUT2D eigenvalue weighted by Crippen LogP contribution is 2.21. The number of hydrogen-bond acceptors (Lipinski definition) is 2. The molecule has 0 aliphatic heterocycles. The highest BCUT2D eigenvalue weighted by atomic mass is 16.3. The zero-order chi connectivity index (χ0) is 13.9. The van der Waals surface area contributed by atoms with E-state index < -0.39 is 6.10 Å². The van der Waals surface area contributed by atoms with E-state index in [2.05, 4.69) is 52.1 Å². The van der Waals surface area contributed by atoms with Gasteiger partial charge in [0.1, 0.15) is 0 Å². The van der Waals surface area contributed by atoms with E-state index in [4.69, 9.17) is 0 Å². The van der Waals surface area contributed by atoms with E-state index in [1.165, 1.54) is 5.56 Å². The Labute approximate surface area is 111 Å². The van der Waals surface area contributed by atoms with Gasteiger partial charge in [0, 0.05) is 11.6 Å². The Kier molecular flexibility index (Phi) is 4.94. The van der Waals surface area contributed by atoms with E-state index in [0.29, 0.717) is 5.92 Å². The first kappa shape index (κ1) is 15.2. The summed E-state index contributed by atoms with van der Waals surface area (Å²) in [7, 11) is 0. The molecule has 0 bridgehead atoms. The van der Waals surface area contributed by atoms with Crippen molar-refractivity contribution in [2.75, 3.05) is 0 Å². The van der Waals surface area contributed by atoms with E-state index in [1.807, 2.05) is 19.1 Å². The van der Waals surface area contributed by atoms with Crippen LogP contribution >= 0.6 is 0 Å². The zero-order valence-electron chi connectivity index (χ0n) is 12.5. The molecule has 1 aromatic rings. The number of benzene rings is 1. The highest BCUT2D eigenvalue weighted by Gasteiger charge is 2.21. The predicted octanol–water partition coefficient (Wildman–Crippen LogP) is 3.62. The lowest BCUT2D eigenvalue weighted by atomic mass is 9.96. The molecule has 0 radical (unpaired) electrons. The maximum atomic E-state index is 10.3. The Balaban J connectivity index is 2.74. The fourth-order valence-electron chi connectivity index (χ4n) is 2.13. The molecule has 2 N–H and O–H groups in total. The normalized spacial score (nSPS) is 15.8. The predicted molar refractivity (Wildman–Crippen MR) is 77.8 cm³/mol. The standard InChI is InChI=1S/C16H27NO/c1-11(2)13-7-9-14(10-8-13)15(18)12(3)17-16(4,5)6/h7-12,15,17-18H,1-6H3. The molecule has 2 nitrogen and oxygen atoms in total. The number of nitrogens with one attached hydrogen (secondary N) is 1. The van der Waals surface area contributed by atoms with Crippen molar-refractivity contribution in [2.24, 2.45) is 0 Å². The first-order valence-electron chi connectivity index (χ1n) is 6.76. The van der Waals surface area contributed by atoms with Crippen molar-refractivity contribution in [3.8, 4) is 0 Å². The van der Waals surface area contributed by atoms with Gasteiger partial charge in [-0.15, -0.1) is 0 Å². The molecule has 0 saturated heterocycles. The van der Waals surface area contributed by atoms with Crippen LogP contribution in [0.5, 0.6) is 0 Å². The van der Waals surface area contributed by atoms with Crippen LogP contribution in [0.4, 0.5) is 0 Å². The molecular weight excluding hydrogens is 222 g/mol. The topological polar surface area (TPSA) is 32.3 Å². The summed E-state index contributed by atoms with van der Waals surface area (Å²) < 4.78 is 0. The van der Waals surface area contributed by atoms with E-state index in [0.717, 1.165) is 5.56 Å². The van der Waals surface area contributed by atoms with Crippen LogP contribution in [-0.4, -0.2) is 16.7 Å². The van der Waals surface area contributed by atoms with E-state index in [1.54, 1.807) is 0 Å². The summed E-state index contributed by atoms with van der Waals surface area (Å²) in [5, 5.41) is 13.7.